The Morgan fingerprint density at radius 1 is 1.21 bits per heavy atom. The average molecular weight is 258 g/mol. The van der Waals surface area contributed by atoms with Crippen LogP contribution in [0.25, 0.3) is 0 Å². The zero-order valence-corrected chi connectivity index (χ0v) is 11.6. The molecule has 1 heterocycles. The molecule has 1 atom stereocenters. The fourth-order valence-corrected chi connectivity index (χ4v) is 1.94. The van der Waals surface area contributed by atoms with Crippen molar-refractivity contribution in [3.8, 4) is 0 Å². The summed E-state index contributed by atoms with van der Waals surface area (Å²) in [4.78, 5) is 4.12. The Bertz CT molecular complexity index is 566. The second-order valence-corrected chi connectivity index (χ2v) is 4.91. The molecule has 0 bridgehead atoms. The van der Waals surface area contributed by atoms with Crippen LogP contribution in [0.2, 0.25) is 0 Å². The summed E-state index contributed by atoms with van der Waals surface area (Å²) >= 11 is 0. The third-order valence-electron chi connectivity index (χ3n) is 3.44. The number of benzene rings is 1. The summed E-state index contributed by atoms with van der Waals surface area (Å²) in [5, 5.41) is 3.40. The minimum Gasteiger partial charge on any atom is -0.306 e. The van der Waals surface area contributed by atoms with Gasteiger partial charge >= 0.3 is 0 Å². The van der Waals surface area contributed by atoms with Crippen LogP contribution in [0.15, 0.2) is 36.7 Å². The molecule has 0 aliphatic carbocycles. The number of rotatable bonds is 4. The van der Waals surface area contributed by atoms with E-state index in [1.807, 2.05) is 31.3 Å². The lowest BCUT2D eigenvalue weighted by atomic mass is 10.1. The van der Waals surface area contributed by atoms with E-state index in [-0.39, 0.29) is 11.9 Å². The van der Waals surface area contributed by atoms with Crippen LogP contribution in [0.4, 0.5) is 4.39 Å². The third-order valence-corrected chi connectivity index (χ3v) is 3.44. The van der Waals surface area contributed by atoms with Gasteiger partial charge in [-0.15, -0.1) is 0 Å². The molecular formula is C16H19FN2. The van der Waals surface area contributed by atoms with Crippen molar-refractivity contribution in [1.82, 2.24) is 10.3 Å². The first-order chi connectivity index (χ1) is 9.08. The lowest BCUT2D eigenvalue weighted by molar-refractivity contribution is 0.561. The predicted octanol–water partition coefficient (Wildman–Crippen LogP) is 3.69. The zero-order valence-electron chi connectivity index (χ0n) is 11.6. The highest BCUT2D eigenvalue weighted by Gasteiger charge is 2.08. The molecule has 2 nitrogen and oxygen atoms in total. The number of nitrogens with one attached hydrogen (secondary N) is 1. The smallest absolute Gasteiger partial charge is 0.126 e. The van der Waals surface area contributed by atoms with E-state index < -0.39 is 0 Å². The summed E-state index contributed by atoms with van der Waals surface area (Å²) < 4.78 is 13.5. The van der Waals surface area contributed by atoms with Crippen LogP contribution in [0.5, 0.6) is 0 Å². The van der Waals surface area contributed by atoms with Crippen molar-refractivity contribution in [2.75, 3.05) is 0 Å². The fourth-order valence-electron chi connectivity index (χ4n) is 1.94. The molecule has 0 aliphatic heterocycles. The van der Waals surface area contributed by atoms with Crippen LogP contribution in [0.3, 0.4) is 0 Å². The van der Waals surface area contributed by atoms with Gasteiger partial charge in [0.2, 0.25) is 0 Å². The van der Waals surface area contributed by atoms with Gasteiger partial charge in [0.1, 0.15) is 5.82 Å². The normalized spacial score (nSPS) is 12.4. The van der Waals surface area contributed by atoms with Gasteiger partial charge in [0, 0.05) is 25.0 Å². The van der Waals surface area contributed by atoms with Crippen LogP contribution in [0, 0.1) is 19.7 Å². The van der Waals surface area contributed by atoms with Crippen LogP contribution in [0.1, 0.15) is 35.2 Å². The Hall–Kier alpha value is -1.74. The van der Waals surface area contributed by atoms with E-state index in [4.69, 9.17) is 0 Å². The van der Waals surface area contributed by atoms with Gasteiger partial charge in [0.05, 0.1) is 0 Å². The number of aryl methyl sites for hydroxylation is 2. The number of hydrogen-bond acceptors (Lipinski definition) is 2. The molecule has 0 saturated heterocycles. The topological polar surface area (TPSA) is 24.9 Å². The molecule has 0 amide bonds. The Labute approximate surface area is 113 Å². The minimum absolute atomic E-state index is 0.106. The molecule has 2 aromatic rings. The summed E-state index contributed by atoms with van der Waals surface area (Å²) in [6, 6.07) is 7.48. The predicted molar refractivity (Wildman–Crippen MR) is 75.4 cm³/mol. The van der Waals surface area contributed by atoms with Crippen LogP contribution in [-0.2, 0) is 6.54 Å². The molecule has 3 heteroatoms. The van der Waals surface area contributed by atoms with Crippen molar-refractivity contribution in [3.05, 3.63) is 64.7 Å². The van der Waals surface area contributed by atoms with Gasteiger partial charge in [-0.05, 0) is 55.2 Å². The average Bonchev–Trinajstić information content (AvgIpc) is 2.40. The van der Waals surface area contributed by atoms with Crippen molar-refractivity contribution in [2.24, 2.45) is 0 Å². The molecule has 0 fully saturated rings. The Morgan fingerprint density at radius 3 is 2.68 bits per heavy atom. The van der Waals surface area contributed by atoms with Crippen molar-refractivity contribution in [2.45, 2.75) is 33.4 Å². The second-order valence-electron chi connectivity index (χ2n) is 4.91. The molecule has 19 heavy (non-hydrogen) atoms. The summed E-state index contributed by atoms with van der Waals surface area (Å²) in [6.07, 6.45) is 3.66. The first-order valence-electron chi connectivity index (χ1n) is 6.47. The van der Waals surface area contributed by atoms with E-state index >= 15 is 0 Å². The molecule has 0 radical (unpaired) electrons. The molecule has 1 aromatic carbocycles. The number of hydrogen-bond donors (Lipinski definition) is 1. The van der Waals surface area contributed by atoms with Crippen LogP contribution < -0.4 is 5.32 Å². The molecule has 0 aliphatic rings. The maximum absolute atomic E-state index is 13.5. The van der Waals surface area contributed by atoms with E-state index in [9.17, 15) is 4.39 Å². The lowest BCUT2D eigenvalue weighted by Crippen LogP contribution is -2.19. The highest BCUT2D eigenvalue weighted by atomic mass is 19.1. The summed E-state index contributed by atoms with van der Waals surface area (Å²) in [5.41, 5.74) is 4.02. The largest absolute Gasteiger partial charge is 0.306 e. The Morgan fingerprint density at radius 2 is 2.00 bits per heavy atom. The van der Waals surface area contributed by atoms with E-state index in [1.165, 1.54) is 11.1 Å². The van der Waals surface area contributed by atoms with E-state index in [2.05, 4.69) is 17.2 Å². The second kappa shape index (κ2) is 5.93. The van der Waals surface area contributed by atoms with Gasteiger partial charge in [0.15, 0.2) is 0 Å². The van der Waals surface area contributed by atoms with Crippen molar-refractivity contribution < 1.29 is 4.39 Å². The van der Waals surface area contributed by atoms with Crippen LogP contribution in [-0.4, -0.2) is 4.98 Å². The monoisotopic (exact) mass is 258 g/mol. The van der Waals surface area contributed by atoms with E-state index in [0.717, 1.165) is 12.1 Å². The number of halogens is 1. The quantitative estimate of drug-likeness (QED) is 0.904. The summed E-state index contributed by atoms with van der Waals surface area (Å²) in [5.74, 6) is -0.149. The first-order valence-corrected chi connectivity index (χ1v) is 6.47. The first kappa shape index (κ1) is 13.7. The SMILES string of the molecule is Cc1ccc(C(C)NCc2cnccc2C)cc1F. The Balaban J connectivity index is 2.03. The highest BCUT2D eigenvalue weighted by Crippen LogP contribution is 2.17. The molecule has 2 rings (SSSR count). The highest BCUT2D eigenvalue weighted by molar-refractivity contribution is 5.26. The van der Waals surface area contributed by atoms with E-state index in [0.29, 0.717) is 5.56 Å². The molecule has 0 spiro atoms. The fraction of sp³-hybridized carbons (Fsp3) is 0.312. The van der Waals surface area contributed by atoms with Gasteiger partial charge < -0.3 is 5.32 Å². The maximum Gasteiger partial charge on any atom is 0.126 e. The molecule has 1 N–H and O–H groups in total. The number of pyridine rings is 1. The zero-order chi connectivity index (χ0) is 13.8. The molecule has 1 unspecified atom stereocenters. The van der Waals surface area contributed by atoms with Gasteiger partial charge in [-0.25, -0.2) is 4.39 Å². The summed E-state index contributed by atoms with van der Waals surface area (Å²) in [6.45, 7) is 6.61. The standard InChI is InChI=1S/C16H19FN2/c1-11-6-7-18-9-15(11)10-19-13(3)14-5-4-12(2)16(17)8-14/h4-9,13,19H,10H2,1-3H3. The summed E-state index contributed by atoms with van der Waals surface area (Å²) in [7, 11) is 0. The van der Waals surface area contributed by atoms with E-state index in [1.54, 1.807) is 19.2 Å². The van der Waals surface area contributed by atoms with Gasteiger partial charge in [-0.1, -0.05) is 12.1 Å². The van der Waals surface area contributed by atoms with Crippen LogP contribution >= 0.6 is 0 Å². The minimum atomic E-state index is -0.149. The molecule has 100 valence electrons. The molecule has 1 aromatic heterocycles. The maximum atomic E-state index is 13.5. The van der Waals surface area contributed by atoms with Crippen molar-refractivity contribution >= 4 is 0 Å². The molecule has 0 saturated carbocycles. The third kappa shape index (κ3) is 3.38. The van der Waals surface area contributed by atoms with Gasteiger partial charge in [-0.3, -0.25) is 4.98 Å². The molecular weight excluding hydrogens is 239 g/mol. The Kier molecular flexibility index (Phi) is 4.27. The number of nitrogens with zero attached hydrogens (tertiary/aromatic N) is 1. The lowest BCUT2D eigenvalue weighted by Gasteiger charge is -2.15. The van der Waals surface area contributed by atoms with Gasteiger partial charge in [-0.2, -0.15) is 0 Å². The van der Waals surface area contributed by atoms with Gasteiger partial charge in [0.25, 0.3) is 0 Å². The number of aromatic nitrogens is 1. The van der Waals surface area contributed by atoms with Crippen molar-refractivity contribution in [1.29, 1.82) is 0 Å². The van der Waals surface area contributed by atoms with Crippen molar-refractivity contribution in [3.63, 3.8) is 0 Å².